The Balaban J connectivity index is 1.87. The van der Waals surface area contributed by atoms with E-state index in [9.17, 15) is 9.18 Å². The van der Waals surface area contributed by atoms with Crippen LogP contribution in [0.4, 0.5) is 4.39 Å². The predicted octanol–water partition coefficient (Wildman–Crippen LogP) is 2.90. The van der Waals surface area contributed by atoms with Gasteiger partial charge in [-0.3, -0.25) is 9.69 Å². The first-order valence-corrected chi connectivity index (χ1v) is 6.82. The van der Waals surface area contributed by atoms with Crippen molar-refractivity contribution in [3.05, 3.63) is 35.6 Å². The smallest absolute Gasteiger partial charge is 0.303 e. The van der Waals surface area contributed by atoms with E-state index in [-0.39, 0.29) is 12.2 Å². The van der Waals surface area contributed by atoms with Crippen LogP contribution in [0.15, 0.2) is 24.3 Å². The van der Waals surface area contributed by atoms with Gasteiger partial charge in [0, 0.05) is 25.1 Å². The molecular weight excluding hydrogens is 245 g/mol. The van der Waals surface area contributed by atoms with E-state index >= 15 is 0 Å². The number of carboxylic acid groups (broad SMARTS) is 1. The van der Waals surface area contributed by atoms with Crippen LogP contribution in [0, 0.1) is 11.7 Å². The lowest BCUT2D eigenvalue weighted by atomic mass is 9.93. The minimum absolute atomic E-state index is 0.157. The highest BCUT2D eigenvalue weighted by Crippen LogP contribution is 2.22. The van der Waals surface area contributed by atoms with E-state index in [0.29, 0.717) is 12.5 Å². The maximum absolute atomic E-state index is 13.6. The number of carboxylic acids is 1. The van der Waals surface area contributed by atoms with Crippen LogP contribution < -0.4 is 0 Å². The lowest BCUT2D eigenvalue weighted by Crippen LogP contribution is -2.35. The number of aliphatic carboxylic acids is 1. The fourth-order valence-electron chi connectivity index (χ4n) is 2.73. The molecular formula is C15H20FNO2. The third-order valence-electron chi connectivity index (χ3n) is 3.72. The first-order valence-electron chi connectivity index (χ1n) is 6.82. The Morgan fingerprint density at radius 1 is 1.42 bits per heavy atom. The second kappa shape index (κ2) is 6.66. The van der Waals surface area contributed by atoms with Crippen molar-refractivity contribution in [2.24, 2.45) is 5.92 Å². The molecule has 0 bridgehead atoms. The molecule has 3 nitrogen and oxygen atoms in total. The second-order valence-corrected chi connectivity index (χ2v) is 5.27. The molecule has 2 rings (SSSR count). The maximum atomic E-state index is 13.6. The summed E-state index contributed by atoms with van der Waals surface area (Å²) in [7, 11) is 0. The highest BCUT2D eigenvalue weighted by Gasteiger charge is 2.21. The molecule has 1 heterocycles. The molecule has 0 radical (unpaired) electrons. The molecule has 19 heavy (non-hydrogen) atoms. The number of benzene rings is 1. The minimum Gasteiger partial charge on any atom is -0.481 e. The number of likely N-dealkylation sites (tertiary alicyclic amines) is 1. The Bertz CT molecular complexity index is 436. The summed E-state index contributed by atoms with van der Waals surface area (Å²) in [6, 6.07) is 6.85. The van der Waals surface area contributed by atoms with Gasteiger partial charge in [0.05, 0.1) is 0 Å². The molecule has 0 aliphatic carbocycles. The van der Waals surface area contributed by atoms with Crippen LogP contribution in [0.25, 0.3) is 0 Å². The van der Waals surface area contributed by atoms with E-state index in [0.717, 1.165) is 37.9 Å². The molecule has 1 saturated heterocycles. The standard InChI is InChI=1S/C15H20FNO2/c16-14-6-2-1-5-13(14)11-17-9-3-4-12(10-17)7-8-15(18)19/h1-2,5-6,12H,3-4,7-11H2,(H,18,19). The molecule has 0 spiro atoms. The van der Waals surface area contributed by atoms with Gasteiger partial charge in [-0.1, -0.05) is 18.2 Å². The topological polar surface area (TPSA) is 40.5 Å². The van der Waals surface area contributed by atoms with E-state index in [2.05, 4.69) is 4.90 Å². The SMILES string of the molecule is O=C(O)CCC1CCCN(Cc2ccccc2F)C1. The first-order chi connectivity index (χ1) is 9.15. The molecule has 1 aromatic carbocycles. The molecule has 0 amide bonds. The summed E-state index contributed by atoms with van der Waals surface area (Å²) in [4.78, 5) is 12.8. The fourth-order valence-corrected chi connectivity index (χ4v) is 2.73. The number of halogens is 1. The van der Waals surface area contributed by atoms with Crippen LogP contribution in [0.1, 0.15) is 31.2 Å². The summed E-state index contributed by atoms with van der Waals surface area (Å²) < 4.78 is 13.6. The third-order valence-corrected chi connectivity index (χ3v) is 3.72. The summed E-state index contributed by atoms with van der Waals surface area (Å²) in [6.07, 6.45) is 3.11. The lowest BCUT2D eigenvalue weighted by molar-refractivity contribution is -0.137. The van der Waals surface area contributed by atoms with Crippen LogP contribution in [0.5, 0.6) is 0 Å². The van der Waals surface area contributed by atoms with Crippen molar-refractivity contribution in [2.75, 3.05) is 13.1 Å². The van der Waals surface area contributed by atoms with Crippen LogP contribution in [0.2, 0.25) is 0 Å². The molecule has 1 unspecified atom stereocenters. The molecule has 1 fully saturated rings. The molecule has 1 aliphatic rings. The van der Waals surface area contributed by atoms with Gasteiger partial charge in [0.1, 0.15) is 5.82 Å². The maximum Gasteiger partial charge on any atom is 0.303 e. The quantitative estimate of drug-likeness (QED) is 0.890. The van der Waals surface area contributed by atoms with Gasteiger partial charge < -0.3 is 5.11 Å². The highest BCUT2D eigenvalue weighted by molar-refractivity contribution is 5.66. The van der Waals surface area contributed by atoms with Crippen molar-refractivity contribution in [1.82, 2.24) is 4.90 Å². The van der Waals surface area contributed by atoms with E-state index in [1.54, 1.807) is 6.07 Å². The zero-order valence-corrected chi connectivity index (χ0v) is 11.0. The van der Waals surface area contributed by atoms with Crippen molar-refractivity contribution >= 4 is 5.97 Å². The number of hydrogen-bond acceptors (Lipinski definition) is 2. The zero-order valence-electron chi connectivity index (χ0n) is 11.0. The number of piperidine rings is 1. The molecule has 1 aliphatic heterocycles. The predicted molar refractivity (Wildman–Crippen MR) is 71.3 cm³/mol. The van der Waals surface area contributed by atoms with E-state index in [1.165, 1.54) is 6.07 Å². The molecule has 104 valence electrons. The van der Waals surface area contributed by atoms with Gasteiger partial charge in [0.15, 0.2) is 0 Å². The molecule has 1 N–H and O–H groups in total. The molecule has 0 aromatic heterocycles. The highest BCUT2D eigenvalue weighted by atomic mass is 19.1. The summed E-state index contributed by atoms with van der Waals surface area (Å²) in [5.74, 6) is -0.460. The van der Waals surface area contributed by atoms with Crippen molar-refractivity contribution in [1.29, 1.82) is 0 Å². The zero-order chi connectivity index (χ0) is 13.7. The van der Waals surface area contributed by atoms with Crippen LogP contribution in [-0.2, 0) is 11.3 Å². The van der Waals surface area contributed by atoms with Gasteiger partial charge in [0.2, 0.25) is 0 Å². The Labute approximate surface area is 113 Å². The molecule has 1 aromatic rings. The van der Waals surface area contributed by atoms with Gasteiger partial charge >= 0.3 is 5.97 Å². The van der Waals surface area contributed by atoms with Crippen molar-refractivity contribution in [2.45, 2.75) is 32.2 Å². The summed E-state index contributed by atoms with van der Waals surface area (Å²) >= 11 is 0. The third kappa shape index (κ3) is 4.31. The van der Waals surface area contributed by atoms with E-state index < -0.39 is 5.97 Å². The lowest BCUT2D eigenvalue weighted by Gasteiger charge is -2.32. The largest absolute Gasteiger partial charge is 0.481 e. The molecule has 1 atom stereocenters. The average molecular weight is 265 g/mol. The Morgan fingerprint density at radius 3 is 2.95 bits per heavy atom. The summed E-state index contributed by atoms with van der Waals surface area (Å²) in [6.45, 7) is 2.47. The Kier molecular flexibility index (Phi) is 4.91. The molecule has 4 heteroatoms. The summed E-state index contributed by atoms with van der Waals surface area (Å²) in [5, 5.41) is 8.72. The van der Waals surface area contributed by atoms with Gasteiger partial charge in [0.25, 0.3) is 0 Å². The van der Waals surface area contributed by atoms with Crippen LogP contribution in [0.3, 0.4) is 0 Å². The van der Waals surface area contributed by atoms with Gasteiger partial charge in [-0.05, 0) is 37.8 Å². The Morgan fingerprint density at radius 2 is 2.21 bits per heavy atom. The first kappa shape index (κ1) is 14.0. The normalized spacial score (nSPS) is 20.4. The van der Waals surface area contributed by atoms with Gasteiger partial charge in [-0.15, -0.1) is 0 Å². The number of hydrogen-bond donors (Lipinski definition) is 1. The van der Waals surface area contributed by atoms with Crippen LogP contribution >= 0.6 is 0 Å². The Hall–Kier alpha value is -1.42. The fraction of sp³-hybridized carbons (Fsp3) is 0.533. The molecule has 0 saturated carbocycles. The van der Waals surface area contributed by atoms with Crippen molar-refractivity contribution in [3.8, 4) is 0 Å². The number of nitrogens with zero attached hydrogens (tertiary/aromatic N) is 1. The second-order valence-electron chi connectivity index (χ2n) is 5.27. The van der Waals surface area contributed by atoms with E-state index in [4.69, 9.17) is 5.11 Å². The van der Waals surface area contributed by atoms with Gasteiger partial charge in [-0.2, -0.15) is 0 Å². The minimum atomic E-state index is -0.730. The summed E-state index contributed by atoms with van der Waals surface area (Å²) in [5.41, 5.74) is 0.724. The van der Waals surface area contributed by atoms with Gasteiger partial charge in [-0.25, -0.2) is 4.39 Å². The average Bonchev–Trinajstić information content (AvgIpc) is 2.40. The van der Waals surface area contributed by atoms with Crippen LogP contribution in [-0.4, -0.2) is 29.1 Å². The van der Waals surface area contributed by atoms with E-state index in [1.807, 2.05) is 12.1 Å². The number of rotatable bonds is 5. The number of carbonyl (C=O) groups is 1. The van der Waals surface area contributed by atoms with Crippen molar-refractivity contribution < 1.29 is 14.3 Å². The monoisotopic (exact) mass is 265 g/mol. The van der Waals surface area contributed by atoms with Crippen molar-refractivity contribution in [3.63, 3.8) is 0 Å².